The molecule has 0 aliphatic carbocycles. The number of aromatic nitrogens is 7. The van der Waals surface area contributed by atoms with E-state index in [9.17, 15) is 4.79 Å². The van der Waals surface area contributed by atoms with E-state index in [1.165, 1.54) is 18.1 Å². The molecule has 2 aromatic heterocycles. The van der Waals surface area contributed by atoms with Crippen LogP contribution in [0, 0.1) is 0 Å². The van der Waals surface area contributed by atoms with E-state index < -0.39 is 0 Å². The van der Waals surface area contributed by atoms with Gasteiger partial charge in [-0.25, -0.2) is 14.3 Å². The predicted octanol–water partition coefficient (Wildman–Crippen LogP) is 0.648. The number of amides is 1. The summed E-state index contributed by atoms with van der Waals surface area (Å²) in [5.74, 6) is 0.635. The zero-order valence-electron chi connectivity index (χ0n) is 13.7. The number of tetrazole rings is 1. The van der Waals surface area contributed by atoms with Crippen LogP contribution in [0.25, 0.3) is 0 Å². The summed E-state index contributed by atoms with van der Waals surface area (Å²) in [6.07, 6.45) is 3.61. The van der Waals surface area contributed by atoms with Crippen molar-refractivity contribution in [1.29, 1.82) is 0 Å². The topological polar surface area (TPSA) is 103 Å². The normalized spacial score (nSPS) is 10.8. The number of hydrogen-bond acceptors (Lipinski definition) is 7. The Balaban J connectivity index is 1.43. The molecule has 0 saturated heterocycles. The third kappa shape index (κ3) is 5.11. The summed E-state index contributed by atoms with van der Waals surface area (Å²) < 4.78 is 3.35. The number of nitrogens with one attached hydrogen (secondary N) is 1. The Kier molecular flexibility index (Phi) is 5.73. The Labute approximate surface area is 148 Å². The highest BCUT2D eigenvalue weighted by atomic mass is 32.2. The molecule has 9 nitrogen and oxygen atoms in total. The van der Waals surface area contributed by atoms with E-state index in [0.717, 1.165) is 11.1 Å². The number of aryl methyl sites for hydroxylation is 1. The molecule has 0 unspecified atom stereocenters. The number of hydrogen-bond donors (Lipinski definition) is 1. The van der Waals surface area contributed by atoms with Crippen molar-refractivity contribution in [2.45, 2.75) is 24.7 Å². The van der Waals surface area contributed by atoms with Crippen LogP contribution in [0.5, 0.6) is 0 Å². The summed E-state index contributed by atoms with van der Waals surface area (Å²) in [5.41, 5.74) is 2.17. The lowest BCUT2D eigenvalue weighted by Gasteiger charge is -2.07. The lowest BCUT2D eigenvalue weighted by Crippen LogP contribution is -2.23. The van der Waals surface area contributed by atoms with Gasteiger partial charge < -0.3 is 5.32 Å². The summed E-state index contributed by atoms with van der Waals surface area (Å²) in [5, 5.41) is 18.9. The van der Waals surface area contributed by atoms with Gasteiger partial charge in [-0.05, 0) is 21.6 Å². The summed E-state index contributed by atoms with van der Waals surface area (Å²) in [6, 6.07) is 8.05. The first-order valence-electron chi connectivity index (χ1n) is 7.73. The highest BCUT2D eigenvalue weighted by Gasteiger charge is 2.06. The van der Waals surface area contributed by atoms with Crippen molar-refractivity contribution in [2.75, 3.05) is 5.75 Å². The minimum atomic E-state index is 0.00399. The molecule has 25 heavy (non-hydrogen) atoms. The molecule has 1 N–H and O–H groups in total. The van der Waals surface area contributed by atoms with E-state index in [0.29, 0.717) is 30.4 Å². The number of thioether (sulfide) groups is 1. The molecule has 0 atom stereocenters. The van der Waals surface area contributed by atoms with Gasteiger partial charge in [-0.1, -0.05) is 36.0 Å². The highest BCUT2D eigenvalue weighted by Crippen LogP contribution is 2.13. The number of carbonyl (C=O) groups is 1. The van der Waals surface area contributed by atoms with Crippen molar-refractivity contribution in [3.63, 3.8) is 0 Å². The zero-order chi connectivity index (χ0) is 17.5. The number of rotatable bonds is 8. The Morgan fingerprint density at radius 1 is 1.32 bits per heavy atom. The summed E-state index contributed by atoms with van der Waals surface area (Å²) in [7, 11) is 1.77. The van der Waals surface area contributed by atoms with Crippen LogP contribution in [0.2, 0.25) is 0 Å². The molecule has 0 radical (unpaired) electrons. The second-order valence-electron chi connectivity index (χ2n) is 5.37. The predicted molar refractivity (Wildman–Crippen MR) is 91.6 cm³/mol. The average Bonchev–Trinajstić information content (AvgIpc) is 3.26. The molecule has 0 saturated carbocycles. The Bertz CT molecular complexity index is 817. The lowest BCUT2D eigenvalue weighted by molar-refractivity contribution is -0.120. The molecule has 1 aromatic carbocycles. The average molecular weight is 358 g/mol. The lowest BCUT2D eigenvalue weighted by atomic mass is 10.1. The summed E-state index contributed by atoms with van der Waals surface area (Å²) in [4.78, 5) is 15.9. The molecule has 0 bridgehead atoms. The van der Waals surface area contributed by atoms with E-state index in [4.69, 9.17) is 0 Å². The van der Waals surface area contributed by atoms with Crippen LogP contribution in [-0.4, -0.2) is 46.6 Å². The van der Waals surface area contributed by atoms with Gasteiger partial charge in [0, 0.05) is 25.8 Å². The van der Waals surface area contributed by atoms with E-state index >= 15 is 0 Å². The van der Waals surface area contributed by atoms with Crippen LogP contribution in [0.15, 0.2) is 42.1 Å². The fourth-order valence-corrected chi connectivity index (χ4v) is 2.99. The van der Waals surface area contributed by atoms with Gasteiger partial charge in [0.2, 0.25) is 11.1 Å². The van der Waals surface area contributed by atoms with Crippen LogP contribution in [0.3, 0.4) is 0 Å². The quantitative estimate of drug-likeness (QED) is 0.590. The van der Waals surface area contributed by atoms with Crippen LogP contribution in [-0.2, 0) is 24.9 Å². The van der Waals surface area contributed by atoms with Gasteiger partial charge >= 0.3 is 0 Å². The fourth-order valence-electron chi connectivity index (χ4n) is 2.21. The number of benzene rings is 1. The van der Waals surface area contributed by atoms with Crippen molar-refractivity contribution < 1.29 is 4.79 Å². The Hall–Kier alpha value is -2.75. The van der Waals surface area contributed by atoms with E-state index in [-0.39, 0.29) is 5.91 Å². The van der Waals surface area contributed by atoms with Crippen LogP contribution in [0.4, 0.5) is 0 Å². The molecule has 0 aliphatic rings. The second kappa shape index (κ2) is 8.38. The smallest absolute Gasteiger partial charge is 0.221 e. The zero-order valence-corrected chi connectivity index (χ0v) is 14.6. The van der Waals surface area contributed by atoms with E-state index in [1.807, 2.05) is 18.2 Å². The first kappa shape index (κ1) is 17.1. The maximum atomic E-state index is 12.0. The first-order chi connectivity index (χ1) is 12.2. The molecule has 2 heterocycles. The van der Waals surface area contributed by atoms with Crippen molar-refractivity contribution in [1.82, 2.24) is 40.3 Å². The highest BCUT2D eigenvalue weighted by molar-refractivity contribution is 7.99. The molecule has 0 aliphatic heterocycles. The molecular weight excluding hydrogens is 340 g/mol. The SMILES string of the molecule is Cn1nnnc1SCCC(=O)NCc1cccc(Cn2cncn2)c1. The molecule has 10 heteroatoms. The second-order valence-corrected chi connectivity index (χ2v) is 6.44. The van der Waals surface area contributed by atoms with Crippen molar-refractivity contribution >= 4 is 17.7 Å². The van der Waals surface area contributed by atoms with Crippen LogP contribution in [0.1, 0.15) is 17.5 Å². The molecule has 0 fully saturated rings. The van der Waals surface area contributed by atoms with Gasteiger partial charge in [-0.15, -0.1) is 5.10 Å². The van der Waals surface area contributed by atoms with Crippen LogP contribution >= 0.6 is 11.8 Å². The third-order valence-corrected chi connectivity index (χ3v) is 4.45. The van der Waals surface area contributed by atoms with Crippen molar-refractivity contribution in [3.05, 3.63) is 48.0 Å². The van der Waals surface area contributed by atoms with Crippen molar-refractivity contribution in [3.8, 4) is 0 Å². The minimum Gasteiger partial charge on any atom is -0.352 e. The van der Waals surface area contributed by atoms with Gasteiger partial charge in [0.25, 0.3) is 0 Å². The van der Waals surface area contributed by atoms with Gasteiger partial charge in [-0.2, -0.15) is 5.10 Å². The van der Waals surface area contributed by atoms with Gasteiger partial charge in [0.15, 0.2) is 0 Å². The molecule has 130 valence electrons. The number of nitrogens with zero attached hydrogens (tertiary/aromatic N) is 7. The van der Waals surface area contributed by atoms with E-state index in [2.05, 4.69) is 37.0 Å². The maximum Gasteiger partial charge on any atom is 0.221 e. The standard InChI is InChI=1S/C15H18N8OS/c1-22-15(19-20-21-22)25-6-5-14(24)17-8-12-3-2-4-13(7-12)9-23-11-16-10-18-23/h2-4,7,10-11H,5-6,8-9H2,1H3,(H,17,24). The Morgan fingerprint density at radius 3 is 2.96 bits per heavy atom. The molecule has 3 rings (SSSR count). The summed E-state index contributed by atoms with van der Waals surface area (Å²) in [6.45, 7) is 1.16. The van der Waals surface area contributed by atoms with E-state index in [1.54, 1.807) is 22.7 Å². The Morgan fingerprint density at radius 2 is 2.20 bits per heavy atom. The largest absolute Gasteiger partial charge is 0.352 e. The number of carbonyl (C=O) groups excluding carboxylic acids is 1. The summed E-state index contributed by atoms with van der Waals surface area (Å²) >= 11 is 1.46. The monoisotopic (exact) mass is 358 g/mol. The van der Waals surface area contributed by atoms with Gasteiger partial charge in [0.05, 0.1) is 6.54 Å². The van der Waals surface area contributed by atoms with Crippen LogP contribution < -0.4 is 5.32 Å². The van der Waals surface area contributed by atoms with Gasteiger partial charge in [0.1, 0.15) is 12.7 Å². The molecular formula is C15H18N8OS. The molecule has 0 spiro atoms. The third-order valence-electron chi connectivity index (χ3n) is 3.43. The molecule has 1 amide bonds. The fraction of sp³-hybridized carbons (Fsp3) is 0.333. The minimum absolute atomic E-state index is 0.00399. The molecule has 3 aromatic rings. The maximum absolute atomic E-state index is 12.0. The van der Waals surface area contributed by atoms with Crippen molar-refractivity contribution in [2.24, 2.45) is 7.05 Å². The first-order valence-corrected chi connectivity index (χ1v) is 8.71. The van der Waals surface area contributed by atoms with Gasteiger partial charge in [-0.3, -0.25) is 4.79 Å².